The number of amides is 2. The van der Waals surface area contributed by atoms with Crippen LogP contribution in [0.3, 0.4) is 0 Å². The van der Waals surface area contributed by atoms with Crippen molar-refractivity contribution in [3.63, 3.8) is 0 Å². The Morgan fingerprint density at radius 3 is 2.77 bits per heavy atom. The van der Waals surface area contributed by atoms with Gasteiger partial charge in [0.05, 0.1) is 6.04 Å². The number of aromatic nitrogens is 3. The van der Waals surface area contributed by atoms with Gasteiger partial charge in [0.2, 0.25) is 5.91 Å². The van der Waals surface area contributed by atoms with E-state index in [2.05, 4.69) is 20.7 Å². The Labute approximate surface area is 150 Å². The Balaban J connectivity index is 1.58. The quantitative estimate of drug-likeness (QED) is 0.476. The molecule has 2 aromatic rings. The lowest BCUT2D eigenvalue weighted by Crippen LogP contribution is -2.38. The van der Waals surface area contributed by atoms with Crippen LogP contribution in [0, 0.1) is 0 Å². The third kappa shape index (κ3) is 7.12. The summed E-state index contributed by atoms with van der Waals surface area (Å²) in [4.78, 5) is 38.2. The van der Waals surface area contributed by atoms with Crippen LogP contribution in [-0.4, -0.2) is 45.6 Å². The van der Waals surface area contributed by atoms with Gasteiger partial charge in [0.1, 0.15) is 32.1 Å². The molecule has 9 heteroatoms. The molecule has 0 fully saturated rings. The lowest BCUT2D eigenvalue weighted by Gasteiger charge is -2.13. The maximum absolute atomic E-state index is 11.8. The summed E-state index contributed by atoms with van der Waals surface area (Å²) in [5, 5.41) is 9.03. The number of hydrogen-bond donors (Lipinski definition) is 2. The summed E-state index contributed by atoms with van der Waals surface area (Å²) in [6.07, 6.45) is 3.83. The predicted molar refractivity (Wildman–Crippen MR) is 91.9 cm³/mol. The zero-order valence-electron chi connectivity index (χ0n) is 14.2. The molecule has 1 atom stereocenters. The average Bonchev–Trinajstić information content (AvgIpc) is 3.16. The third-order valence-electron chi connectivity index (χ3n) is 3.46. The van der Waals surface area contributed by atoms with Gasteiger partial charge in [-0.2, -0.15) is 5.10 Å². The van der Waals surface area contributed by atoms with Crippen molar-refractivity contribution in [2.75, 3.05) is 6.54 Å². The minimum absolute atomic E-state index is 0.00555. The molecule has 26 heavy (non-hydrogen) atoms. The standard InChI is InChI=1S/C17H21N5O4/c23-10-15(21-16(24)9-22-13-18-12-20-22)7-4-8-19-17(25)26-11-14-5-2-1-3-6-14/h1-3,5-6,10,12-13,15H,4,7-9,11H2,(H,19,25)(H,21,24)/t15-/m0/s1. The van der Waals surface area contributed by atoms with Crippen molar-refractivity contribution in [1.82, 2.24) is 25.4 Å². The molecule has 0 spiro atoms. The van der Waals surface area contributed by atoms with Crippen molar-refractivity contribution >= 4 is 18.3 Å². The zero-order chi connectivity index (χ0) is 18.6. The van der Waals surface area contributed by atoms with Gasteiger partial charge in [-0.25, -0.2) is 14.5 Å². The summed E-state index contributed by atoms with van der Waals surface area (Å²) < 4.78 is 6.44. The van der Waals surface area contributed by atoms with Crippen molar-refractivity contribution in [2.45, 2.75) is 32.0 Å². The van der Waals surface area contributed by atoms with E-state index in [4.69, 9.17) is 4.74 Å². The summed E-state index contributed by atoms with van der Waals surface area (Å²) in [6.45, 7) is 0.535. The number of nitrogens with one attached hydrogen (secondary N) is 2. The van der Waals surface area contributed by atoms with Crippen LogP contribution in [0.5, 0.6) is 0 Å². The first-order valence-electron chi connectivity index (χ1n) is 8.19. The van der Waals surface area contributed by atoms with E-state index < -0.39 is 12.1 Å². The average molecular weight is 359 g/mol. The zero-order valence-corrected chi connectivity index (χ0v) is 14.2. The molecule has 0 saturated heterocycles. The summed E-state index contributed by atoms with van der Waals surface area (Å²) in [5.74, 6) is -0.331. The van der Waals surface area contributed by atoms with Crippen LogP contribution >= 0.6 is 0 Å². The monoisotopic (exact) mass is 359 g/mol. The Kier molecular flexibility index (Phi) is 7.78. The minimum atomic E-state index is -0.617. The number of nitrogens with zero attached hydrogens (tertiary/aromatic N) is 3. The summed E-state index contributed by atoms with van der Waals surface area (Å²) >= 11 is 0. The molecule has 0 radical (unpaired) electrons. The molecule has 2 N–H and O–H groups in total. The highest BCUT2D eigenvalue weighted by Gasteiger charge is 2.12. The van der Waals surface area contributed by atoms with E-state index in [-0.39, 0.29) is 19.1 Å². The van der Waals surface area contributed by atoms with Crippen LogP contribution in [-0.2, 0) is 27.5 Å². The van der Waals surface area contributed by atoms with Crippen LogP contribution in [0.4, 0.5) is 4.79 Å². The van der Waals surface area contributed by atoms with Crippen molar-refractivity contribution in [1.29, 1.82) is 0 Å². The van der Waals surface area contributed by atoms with Crippen LogP contribution in [0.2, 0.25) is 0 Å². The van der Waals surface area contributed by atoms with Gasteiger partial charge >= 0.3 is 6.09 Å². The fraction of sp³-hybridized carbons (Fsp3) is 0.353. The molecule has 1 aromatic carbocycles. The van der Waals surface area contributed by atoms with E-state index in [1.54, 1.807) is 0 Å². The molecule has 2 rings (SSSR count). The largest absolute Gasteiger partial charge is 0.445 e. The molecular formula is C17H21N5O4. The van der Waals surface area contributed by atoms with E-state index in [1.165, 1.54) is 17.3 Å². The second-order valence-electron chi connectivity index (χ2n) is 5.53. The lowest BCUT2D eigenvalue weighted by atomic mass is 10.2. The second-order valence-corrected chi connectivity index (χ2v) is 5.53. The Bertz CT molecular complexity index is 690. The number of carbonyl (C=O) groups is 3. The maximum Gasteiger partial charge on any atom is 0.407 e. The van der Waals surface area contributed by atoms with E-state index in [9.17, 15) is 14.4 Å². The van der Waals surface area contributed by atoms with Gasteiger partial charge < -0.3 is 20.2 Å². The predicted octanol–water partition coefficient (Wildman–Crippen LogP) is 0.668. The number of aldehydes is 1. The Hall–Kier alpha value is -3.23. The summed E-state index contributed by atoms with van der Waals surface area (Å²) in [5.41, 5.74) is 0.902. The maximum atomic E-state index is 11.8. The van der Waals surface area contributed by atoms with Crippen LogP contribution in [0.15, 0.2) is 43.0 Å². The first-order valence-corrected chi connectivity index (χ1v) is 8.19. The molecule has 0 aliphatic carbocycles. The number of hydrogen-bond acceptors (Lipinski definition) is 6. The highest BCUT2D eigenvalue weighted by atomic mass is 16.5. The number of ether oxygens (including phenoxy) is 1. The molecular weight excluding hydrogens is 338 g/mol. The normalized spacial score (nSPS) is 11.4. The van der Waals surface area contributed by atoms with Gasteiger partial charge in [0.25, 0.3) is 0 Å². The lowest BCUT2D eigenvalue weighted by molar-refractivity contribution is -0.124. The van der Waals surface area contributed by atoms with Crippen molar-refractivity contribution in [3.05, 3.63) is 48.5 Å². The SMILES string of the molecule is O=C[C@H](CCCNC(=O)OCc1ccccc1)NC(=O)Cn1cncn1. The topological polar surface area (TPSA) is 115 Å². The molecule has 1 aromatic heterocycles. The van der Waals surface area contributed by atoms with Gasteiger partial charge in [0, 0.05) is 6.54 Å². The molecule has 0 aliphatic rings. The van der Waals surface area contributed by atoms with Gasteiger partial charge in [-0.05, 0) is 18.4 Å². The van der Waals surface area contributed by atoms with E-state index in [0.717, 1.165) is 5.56 Å². The third-order valence-corrected chi connectivity index (χ3v) is 3.46. The smallest absolute Gasteiger partial charge is 0.407 e. The van der Waals surface area contributed by atoms with Crippen molar-refractivity contribution in [3.8, 4) is 0 Å². The van der Waals surface area contributed by atoms with Crippen LogP contribution in [0.1, 0.15) is 18.4 Å². The van der Waals surface area contributed by atoms with Gasteiger partial charge in [-0.15, -0.1) is 0 Å². The van der Waals surface area contributed by atoms with Gasteiger partial charge in [-0.3, -0.25) is 4.79 Å². The van der Waals surface area contributed by atoms with E-state index >= 15 is 0 Å². The molecule has 1 heterocycles. The van der Waals surface area contributed by atoms with Gasteiger partial charge in [-0.1, -0.05) is 30.3 Å². The van der Waals surface area contributed by atoms with E-state index in [0.29, 0.717) is 25.7 Å². The summed E-state index contributed by atoms with van der Waals surface area (Å²) in [7, 11) is 0. The molecule has 138 valence electrons. The number of carbonyl (C=O) groups excluding carboxylic acids is 3. The fourth-order valence-corrected chi connectivity index (χ4v) is 2.17. The number of benzene rings is 1. The van der Waals surface area contributed by atoms with Crippen molar-refractivity contribution < 1.29 is 19.1 Å². The molecule has 0 saturated carbocycles. The fourth-order valence-electron chi connectivity index (χ4n) is 2.17. The van der Waals surface area contributed by atoms with Crippen LogP contribution in [0.25, 0.3) is 0 Å². The summed E-state index contributed by atoms with van der Waals surface area (Å²) in [6, 6.07) is 8.74. The first-order chi connectivity index (χ1) is 12.7. The Morgan fingerprint density at radius 1 is 1.27 bits per heavy atom. The first kappa shape index (κ1) is 19.1. The number of rotatable bonds is 10. The Morgan fingerprint density at radius 2 is 2.08 bits per heavy atom. The number of alkyl carbamates (subject to hydrolysis) is 1. The minimum Gasteiger partial charge on any atom is -0.445 e. The molecule has 0 bridgehead atoms. The van der Waals surface area contributed by atoms with Crippen molar-refractivity contribution in [2.24, 2.45) is 0 Å². The van der Waals surface area contributed by atoms with Gasteiger partial charge in [0.15, 0.2) is 0 Å². The van der Waals surface area contributed by atoms with Crippen LogP contribution < -0.4 is 10.6 Å². The van der Waals surface area contributed by atoms with E-state index in [1.807, 2.05) is 30.3 Å². The molecule has 2 amide bonds. The molecule has 0 aliphatic heterocycles. The second kappa shape index (κ2) is 10.6. The highest BCUT2D eigenvalue weighted by molar-refractivity contribution is 5.79. The molecule has 9 nitrogen and oxygen atoms in total. The molecule has 0 unspecified atom stereocenters. The highest BCUT2D eigenvalue weighted by Crippen LogP contribution is 2.00.